The average Bonchev–Trinajstić information content (AvgIpc) is 2.16. The van der Waals surface area contributed by atoms with Gasteiger partial charge >= 0.3 is 6.18 Å². The molecule has 0 aliphatic carbocycles. The topological polar surface area (TPSA) is 26.0 Å². The van der Waals surface area contributed by atoms with Gasteiger partial charge in [0.1, 0.15) is 0 Å². The van der Waals surface area contributed by atoms with Gasteiger partial charge in [0.05, 0.1) is 5.56 Å². The molecule has 0 fully saturated rings. The summed E-state index contributed by atoms with van der Waals surface area (Å²) in [6.07, 6.45) is -3.96. The smallest absolute Gasteiger partial charge is 0.330 e. The second-order valence-corrected chi connectivity index (χ2v) is 4.70. The molecule has 0 saturated heterocycles. The van der Waals surface area contributed by atoms with Crippen LogP contribution in [0.25, 0.3) is 0 Å². The number of rotatable bonds is 3. The third kappa shape index (κ3) is 4.56. The van der Waals surface area contributed by atoms with Crippen LogP contribution in [0, 0.1) is 5.41 Å². The van der Waals surface area contributed by atoms with Gasteiger partial charge in [-0.3, -0.25) is 0 Å². The lowest BCUT2D eigenvalue weighted by Crippen LogP contribution is -2.27. The molecule has 17 heavy (non-hydrogen) atoms. The van der Waals surface area contributed by atoms with Gasteiger partial charge in [-0.25, -0.2) is 0 Å². The second-order valence-electron chi connectivity index (χ2n) is 4.70. The van der Waals surface area contributed by atoms with Crippen molar-refractivity contribution in [3.63, 3.8) is 0 Å². The molecular formula is C12H17ClF3N. The van der Waals surface area contributed by atoms with Gasteiger partial charge in [-0.1, -0.05) is 32.0 Å². The van der Waals surface area contributed by atoms with Gasteiger partial charge in [-0.2, -0.15) is 13.2 Å². The standard InChI is InChI=1S/C12H16F3N.ClH/c1-11(2,8-16)7-9-5-3-4-6-10(9)12(13,14)15;/h3-6H,7-8,16H2,1-2H3;1H. The van der Waals surface area contributed by atoms with Gasteiger partial charge in [-0.05, 0) is 30.0 Å². The van der Waals surface area contributed by atoms with Crippen molar-refractivity contribution in [1.29, 1.82) is 0 Å². The van der Waals surface area contributed by atoms with Crippen LogP contribution in [0.2, 0.25) is 0 Å². The number of hydrogen-bond acceptors (Lipinski definition) is 1. The summed E-state index contributed by atoms with van der Waals surface area (Å²) >= 11 is 0. The van der Waals surface area contributed by atoms with Crippen LogP contribution in [0.15, 0.2) is 24.3 Å². The summed E-state index contributed by atoms with van der Waals surface area (Å²) in [7, 11) is 0. The lowest BCUT2D eigenvalue weighted by atomic mass is 9.84. The normalized spacial score (nSPS) is 12.1. The summed E-state index contributed by atoms with van der Waals surface area (Å²) in [5.74, 6) is 0. The molecule has 1 rings (SSSR count). The van der Waals surface area contributed by atoms with E-state index in [9.17, 15) is 13.2 Å². The fourth-order valence-corrected chi connectivity index (χ4v) is 1.54. The van der Waals surface area contributed by atoms with Crippen LogP contribution in [0.5, 0.6) is 0 Å². The Kier molecular flexibility index (Phi) is 5.49. The molecule has 2 N–H and O–H groups in total. The maximum Gasteiger partial charge on any atom is 0.416 e. The van der Waals surface area contributed by atoms with Gasteiger partial charge in [0, 0.05) is 0 Å². The molecule has 0 amide bonds. The maximum absolute atomic E-state index is 12.7. The third-order valence-corrected chi connectivity index (χ3v) is 2.54. The van der Waals surface area contributed by atoms with Crippen LogP contribution in [0.1, 0.15) is 25.0 Å². The van der Waals surface area contributed by atoms with Gasteiger partial charge < -0.3 is 5.73 Å². The Morgan fingerprint density at radius 1 is 1.12 bits per heavy atom. The van der Waals surface area contributed by atoms with Crippen LogP contribution in [-0.4, -0.2) is 6.54 Å². The molecule has 0 atom stereocenters. The molecular weight excluding hydrogens is 251 g/mol. The van der Waals surface area contributed by atoms with Gasteiger partial charge in [-0.15, -0.1) is 12.4 Å². The average molecular weight is 268 g/mol. The van der Waals surface area contributed by atoms with Crippen molar-refractivity contribution < 1.29 is 13.2 Å². The number of benzene rings is 1. The van der Waals surface area contributed by atoms with E-state index in [-0.39, 0.29) is 17.8 Å². The third-order valence-electron chi connectivity index (χ3n) is 2.54. The fraction of sp³-hybridized carbons (Fsp3) is 0.500. The highest BCUT2D eigenvalue weighted by Gasteiger charge is 2.34. The summed E-state index contributed by atoms with van der Waals surface area (Å²) in [6.45, 7) is 4.08. The highest BCUT2D eigenvalue weighted by Crippen LogP contribution is 2.34. The summed E-state index contributed by atoms with van der Waals surface area (Å²) in [6, 6.07) is 5.65. The maximum atomic E-state index is 12.7. The van der Waals surface area contributed by atoms with E-state index in [0.29, 0.717) is 18.5 Å². The SMILES string of the molecule is CC(C)(CN)Cc1ccccc1C(F)(F)F.Cl. The van der Waals surface area contributed by atoms with E-state index in [1.807, 2.05) is 13.8 Å². The van der Waals surface area contributed by atoms with Crippen LogP contribution in [0.4, 0.5) is 13.2 Å². The first-order valence-corrected chi connectivity index (χ1v) is 5.11. The van der Waals surface area contributed by atoms with Crippen molar-refractivity contribution in [2.24, 2.45) is 11.1 Å². The quantitative estimate of drug-likeness (QED) is 0.889. The van der Waals surface area contributed by atoms with Crippen molar-refractivity contribution >= 4 is 12.4 Å². The highest BCUT2D eigenvalue weighted by molar-refractivity contribution is 5.85. The minimum Gasteiger partial charge on any atom is -0.330 e. The van der Waals surface area contributed by atoms with E-state index in [2.05, 4.69) is 0 Å². The van der Waals surface area contributed by atoms with Gasteiger partial charge in [0.15, 0.2) is 0 Å². The zero-order valence-corrected chi connectivity index (χ0v) is 10.7. The number of alkyl halides is 3. The Morgan fingerprint density at radius 3 is 2.12 bits per heavy atom. The zero-order chi connectivity index (χ0) is 12.4. The second kappa shape index (κ2) is 5.74. The Balaban J connectivity index is 0.00000256. The largest absolute Gasteiger partial charge is 0.416 e. The summed E-state index contributed by atoms with van der Waals surface area (Å²) in [5, 5.41) is 0. The number of nitrogens with two attached hydrogens (primary N) is 1. The Bertz CT molecular complexity index is 361. The summed E-state index contributed by atoms with van der Waals surface area (Å²) in [4.78, 5) is 0. The molecule has 0 aliphatic rings. The molecule has 1 aromatic rings. The molecule has 0 radical (unpaired) electrons. The van der Waals surface area contributed by atoms with Crippen molar-refractivity contribution in [2.75, 3.05) is 6.54 Å². The Hall–Kier alpha value is -0.740. The highest BCUT2D eigenvalue weighted by atomic mass is 35.5. The van der Waals surface area contributed by atoms with Crippen LogP contribution < -0.4 is 5.73 Å². The van der Waals surface area contributed by atoms with Crippen LogP contribution in [0.3, 0.4) is 0 Å². The molecule has 0 aliphatic heterocycles. The lowest BCUT2D eigenvalue weighted by molar-refractivity contribution is -0.138. The van der Waals surface area contributed by atoms with Gasteiger partial charge in [0.25, 0.3) is 0 Å². The number of halogens is 4. The molecule has 0 unspecified atom stereocenters. The predicted octanol–water partition coefficient (Wildman–Crippen LogP) is 3.65. The molecule has 0 heterocycles. The van der Waals surface area contributed by atoms with Crippen molar-refractivity contribution in [3.8, 4) is 0 Å². The first-order valence-electron chi connectivity index (χ1n) is 5.11. The minimum absolute atomic E-state index is 0. The first-order chi connectivity index (χ1) is 7.26. The summed E-state index contributed by atoms with van der Waals surface area (Å²) < 4.78 is 38.1. The van der Waals surface area contributed by atoms with E-state index in [1.165, 1.54) is 12.1 Å². The van der Waals surface area contributed by atoms with Crippen molar-refractivity contribution in [3.05, 3.63) is 35.4 Å². The van der Waals surface area contributed by atoms with Crippen LogP contribution in [-0.2, 0) is 12.6 Å². The lowest BCUT2D eigenvalue weighted by Gasteiger charge is -2.24. The molecule has 0 aromatic heterocycles. The van der Waals surface area contributed by atoms with E-state index in [4.69, 9.17) is 5.73 Å². The van der Waals surface area contributed by atoms with Gasteiger partial charge in [0.2, 0.25) is 0 Å². The predicted molar refractivity (Wildman–Crippen MR) is 65.2 cm³/mol. The molecule has 98 valence electrons. The molecule has 1 aromatic carbocycles. The summed E-state index contributed by atoms with van der Waals surface area (Å²) in [5.41, 5.74) is 4.97. The Labute approximate surface area is 106 Å². The van der Waals surface area contributed by atoms with E-state index >= 15 is 0 Å². The molecule has 5 heteroatoms. The molecule has 1 nitrogen and oxygen atoms in total. The molecule has 0 bridgehead atoms. The fourth-order valence-electron chi connectivity index (χ4n) is 1.54. The minimum atomic E-state index is -4.29. The van der Waals surface area contributed by atoms with E-state index < -0.39 is 11.7 Å². The van der Waals surface area contributed by atoms with Crippen molar-refractivity contribution in [2.45, 2.75) is 26.4 Å². The Morgan fingerprint density at radius 2 is 1.65 bits per heavy atom. The van der Waals surface area contributed by atoms with Crippen LogP contribution >= 0.6 is 12.4 Å². The molecule has 0 saturated carbocycles. The van der Waals surface area contributed by atoms with E-state index in [0.717, 1.165) is 6.07 Å². The number of hydrogen-bond donors (Lipinski definition) is 1. The van der Waals surface area contributed by atoms with E-state index in [1.54, 1.807) is 6.07 Å². The molecule has 0 spiro atoms. The zero-order valence-electron chi connectivity index (χ0n) is 9.84. The first kappa shape index (κ1) is 16.3. The van der Waals surface area contributed by atoms with Crippen molar-refractivity contribution in [1.82, 2.24) is 0 Å². The monoisotopic (exact) mass is 267 g/mol.